The number of alkyl halides is 1. The smallest absolute Gasteiger partial charge is 0.408 e. The summed E-state index contributed by atoms with van der Waals surface area (Å²) in [6.45, 7) is 1.70. The van der Waals surface area contributed by atoms with E-state index in [1.807, 2.05) is 0 Å². The molecule has 3 rings (SSSR count). The predicted molar refractivity (Wildman–Crippen MR) is 75.7 cm³/mol. The lowest BCUT2D eigenvalue weighted by Crippen LogP contribution is -1.95. The number of aryl methyl sites for hydroxylation is 1. The molecule has 3 aromatic rings. The maximum atomic E-state index is 13.6. The topological polar surface area (TPSA) is 46.0 Å². The SMILES string of the molecule is Cc1ccc(C(Cl)c2ccc3[nH]c(=O)oc3c2)cc1F. The van der Waals surface area contributed by atoms with Crippen LogP contribution >= 0.6 is 11.6 Å². The summed E-state index contributed by atoms with van der Waals surface area (Å²) in [5.41, 5.74) is 3.02. The molecule has 0 aliphatic carbocycles. The summed E-state index contributed by atoms with van der Waals surface area (Å²) in [7, 11) is 0. The van der Waals surface area contributed by atoms with E-state index in [-0.39, 0.29) is 5.82 Å². The molecule has 1 heterocycles. The van der Waals surface area contributed by atoms with Gasteiger partial charge in [-0.3, -0.25) is 4.98 Å². The van der Waals surface area contributed by atoms with Crippen molar-refractivity contribution >= 4 is 22.7 Å². The van der Waals surface area contributed by atoms with Crippen molar-refractivity contribution < 1.29 is 8.81 Å². The maximum absolute atomic E-state index is 13.6. The Kier molecular flexibility index (Phi) is 3.10. The first-order valence-corrected chi connectivity index (χ1v) is 6.51. The Bertz CT molecular complexity index is 837. The summed E-state index contributed by atoms with van der Waals surface area (Å²) in [5.74, 6) is -0.799. The van der Waals surface area contributed by atoms with Crippen molar-refractivity contribution in [3.05, 3.63) is 69.5 Å². The Hall–Kier alpha value is -2.07. The van der Waals surface area contributed by atoms with Crippen LogP contribution in [0.15, 0.2) is 45.6 Å². The first-order valence-electron chi connectivity index (χ1n) is 6.07. The molecule has 2 aromatic carbocycles. The fourth-order valence-corrected chi connectivity index (χ4v) is 2.35. The molecule has 1 atom stereocenters. The number of benzene rings is 2. The Morgan fingerprint density at radius 1 is 1.20 bits per heavy atom. The third kappa shape index (κ3) is 2.23. The van der Waals surface area contributed by atoms with E-state index in [1.165, 1.54) is 6.07 Å². The first-order chi connectivity index (χ1) is 9.54. The first kappa shape index (κ1) is 12.9. The Morgan fingerprint density at radius 3 is 2.65 bits per heavy atom. The number of fused-ring (bicyclic) bond motifs is 1. The molecule has 0 aliphatic rings. The zero-order chi connectivity index (χ0) is 14.3. The van der Waals surface area contributed by atoms with Crippen LogP contribution in [0, 0.1) is 12.7 Å². The molecule has 5 heteroatoms. The second-order valence-electron chi connectivity index (χ2n) is 4.64. The van der Waals surface area contributed by atoms with Crippen LogP contribution in [0.4, 0.5) is 4.39 Å². The summed E-state index contributed by atoms with van der Waals surface area (Å²) in [5, 5.41) is -0.505. The van der Waals surface area contributed by atoms with Gasteiger partial charge in [-0.15, -0.1) is 11.6 Å². The van der Waals surface area contributed by atoms with Gasteiger partial charge >= 0.3 is 5.76 Å². The fourth-order valence-electron chi connectivity index (χ4n) is 2.08. The highest BCUT2D eigenvalue weighted by atomic mass is 35.5. The molecule has 20 heavy (non-hydrogen) atoms. The monoisotopic (exact) mass is 291 g/mol. The number of oxazole rings is 1. The third-order valence-corrected chi connectivity index (χ3v) is 3.73. The maximum Gasteiger partial charge on any atom is 0.417 e. The molecular weight excluding hydrogens is 281 g/mol. The third-order valence-electron chi connectivity index (χ3n) is 3.23. The van der Waals surface area contributed by atoms with E-state index in [0.717, 1.165) is 5.56 Å². The van der Waals surface area contributed by atoms with Gasteiger partial charge in [-0.1, -0.05) is 18.2 Å². The zero-order valence-corrected chi connectivity index (χ0v) is 11.4. The number of halogens is 2. The number of aromatic nitrogens is 1. The van der Waals surface area contributed by atoms with Gasteiger partial charge in [0.25, 0.3) is 0 Å². The van der Waals surface area contributed by atoms with Crippen LogP contribution < -0.4 is 5.76 Å². The van der Waals surface area contributed by atoms with Crippen molar-refractivity contribution in [2.45, 2.75) is 12.3 Å². The standard InChI is InChI=1S/C15H11ClFNO2/c1-8-2-3-9(6-11(8)17)14(16)10-4-5-12-13(7-10)20-15(19)18-12/h2-7,14H,1H3,(H,18,19). The molecule has 1 N–H and O–H groups in total. The van der Waals surface area contributed by atoms with Gasteiger partial charge in [-0.25, -0.2) is 9.18 Å². The van der Waals surface area contributed by atoms with Crippen LogP contribution in [0.5, 0.6) is 0 Å². The van der Waals surface area contributed by atoms with E-state index in [9.17, 15) is 9.18 Å². The lowest BCUT2D eigenvalue weighted by Gasteiger charge is -2.11. The van der Waals surface area contributed by atoms with E-state index in [0.29, 0.717) is 22.2 Å². The quantitative estimate of drug-likeness (QED) is 0.728. The Balaban J connectivity index is 2.04. The Labute approximate surface area is 119 Å². The zero-order valence-electron chi connectivity index (χ0n) is 10.6. The van der Waals surface area contributed by atoms with Gasteiger partial charge in [0.05, 0.1) is 10.9 Å². The van der Waals surface area contributed by atoms with Crippen molar-refractivity contribution in [2.75, 3.05) is 0 Å². The molecule has 0 amide bonds. The summed E-state index contributed by atoms with van der Waals surface area (Å²) < 4.78 is 18.6. The molecule has 0 radical (unpaired) electrons. The summed E-state index contributed by atoms with van der Waals surface area (Å²) in [6, 6.07) is 10.1. The van der Waals surface area contributed by atoms with E-state index < -0.39 is 11.1 Å². The van der Waals surface area contributed by atoms with Gasteiger partial charge in [-0.2, -0.15) is 0 Å². The molecule has 0 spiro atoms. The van der Waals surface area contributed by atoms with Crippen molar-refractivity contribution in [3.63, 3.8) is 0 Å². The van der Waals surface area contributed by atoms with Crippen LogP contribution in [0.1, 0.15) is 22.1 Å². The van der Waals surface area contributed by atoms with Crippen LogP contribution in [0.25, 0.3) is 11.1 Å². The number of aromatic amines is 1. The van der Waals surface area contributed by atoms with E-state index in [4.69, 9.17) is 16.0 Å². The molecule has 0 bridgehead atoms. The highest BCUT2D eigenvalue weighted by Gasteiger charge is 2.14. The van der Waals surface area contributed by atoms with Crippen LogP contribution in [-0.2, 0) is 0 Å². The number of nitrogens with one attached hydrogen (secondary N) is 1. The van der Waals surface area contributed by atoms with E-state index in [2.05, 4.69) is 4.98 Å². The molecule has 0 saturated heterocycles. The van der Waals surface area contributed by atoms with Gasteiger partial charge < -0.3 is 4.42 Å². The number of rotatable bonds is 2. The summed E-state index contributed by atoms with van der Waals surface area (Å²) >= 11 is 6.37. The molecule has 0 aliphatic heterocycles. The molecule has 102 valence electrons. The van der Waals surface area contributed by atoms with Gasteiger partial charge in [0.1, 0.15) is 5.82 Å². The van der Waals surface area contributed by atoms with Gasteiger partial charge in [0.15, 0.2) is 5.58 Å². The van der Waals surface area contributed by atoms with Crippen LogP contribution in [0.2, 0.25) is 0 Å². The van der Waals surface area contributed by atoms with Gasteiger partial charge in [-0.05, 0) is 41.8 Å². The number of hydrogen-bond acceptors (Lipinski definition) is 2. The fraction of sp³-hybridized carbons (Fsp3) is 0.133. The average Bonchev–Trinajstić information content (AvgIpc) is 2.80. The van der Waals surface area contributed by atoms with Crippen LogP contribution in [-0.4, -0.2) is 4.98 Å². The highest BCUT2D eigenvalue weighted by molar-refractivity contribution is 6.22. The van der Waals surface area contributed by atoms with Gasteiger partial charge in [0, 0.05) is 0 Å². The van der Waals surface area contributed by atoms with Crippen molar-refractivity contribution in [2.24, 2.45) is 0 Å². The van der Waals surface area contributed by atoms with Crippen molar-refractivity contribution in [1.82, 2.24) is 4.98 Å². The number of hydrogen-bond donors (Lipinski definition) is 1. The second kappa shape index (κ2) is 4.80. The van der Waals surface area contributed by atoms with Crippen LogP contribution in [0.3, 0.4) is 0 Å². The van der Waals surface area contributed by atoms with Gasteiger partial charge in [0.2, 0.25) is 0 Å². The average molecular weight is 292 g/mol. The molecule has 1 aromatic heterocycles. The lowest BCUT2D eigenvalue weighted by molar-refractivity contribution is 0.555. The lowest BCUT2D eigenvalue weighted by atomic mass is 10.0. The largest absolute Gasteiger partial charge is 0.417 e. The second-order valence-corrected chi connectivity index (χ2v) is 5.08. The minimum absolute atomic E-state index is 0.289. The van der Waals surface area contributed by atoms with E-state index in [1.54, 1.807) is 37.3 Å². The molecule has 0 fully saturated rings. The summed E-state index contributed by atoms with van der Waals surface area (Å²) in [4.78, 5) is 13.7. The van der Waals surface area contributed by atoms with Crippen molar-refractivity contribution in [3.8, 4) is 0 Å². The molecule has 3 nitrogen and oxygen atoms in total. The predicted octanol–water partition coefficient (Wildman–Crippen LogP) is 3.90. The normalized spacial score (nSPS) is 12.8. The molecular formula is C15H11ClFNO2. The molecule has 0 saturated carbocycles. The minimum Gasteiger partial charge on any atom is -0.408 e. The number of H-pyrrole nitrogens is 1. The van der Waals surface area contributed by atoms with E-state index >= 15 is 0 Å². The highest BCUT2D eigenvalue weighted by Crippen LogP contribution is 2.31. The summed E-state index contributed by atoms with van der Waals surface area (Å²) in [6.07, 6.45) is 0. The minimum atomic E-state index is -0.510. The molecule has 1 unspecified atom stereocenters. The van der Waals surface area contributed by atoms with Crippen molar-refractivity contribution in [1.29, 1.82) is 0 Å². The Morgan fingerprint density at radius 2 is 1.90 bits per heavy atom.